The maximum Gasteiger partial charge on any atom is 0.316 e. The van der Waals surface area contributed by atoms with Gasteiger partial charge in [0.05, 0.1) is 0 Å². The lowest BCUT2D eigenvalue weighted by Crippen LogP contribution is -2.23. The predicted molar refractivity (Wildman–Crippen MR) is 59.0 cm³/mol. The first kappa shape index (κ1) is 12.3. The number of rotatable bonds is 3. The molecule has 0 heterocycles. The lowest BCUT2D eigenvalue weighted by Gasteiger charge is -2.13. The number of benzene rings is 1. The third-order valence-corrected chi connectivity index (χ3v) is 2.55. The van der Waals surface area contributed by atoms with Crippen molar-refractivity contribution in [3.05, 3.63) is 34.6 Å². The predicted octanol–water partition coefficient (Wildman–Crippen LogP) is 3.31. The van der Waals surface area contributed by atoms with Crippen LogP contribution in [-0.4, -0.2) is 23.9 Å². The molecule has 15 heavy (non-hydrogen) atoms. The van der Waals surface area contributed by atoms with Crippen molar-refractivity contribution in [2.75, 3.05) is 13.6 Å². The van der Waals surface area contributed by atoms with Gasteiger partial charge in [-0.1, -0.05) is 11.6 Å². The van der Waals surface area contributed by atoms with Crippen LogP contribution in [0.3, 0.4) is 0 Å². The third-order valence-electron chi connectivity index (χ3n) is 2.02. The number of hydrogen-bond donors (Lipinski definition) is 0. The Hall–Kier alpha value is -0.800. The van der Waals surface area contributed by atoms with E-state index in [2.05, 4.69) is 0 Å². The smallest absolute Gasteiger partial charge is 0.316 e. The summed E-state index contributed by atoms with van der Waals surface area (Å²) >= 11 is 11.0. The molecule has 0 saturated carbocycles. The molecule has 1 aromatic rings. The van der Waals surface area contributed by atoms with Gasteiger partial charge < -0.3 is 4.90 Å². The van der Waals surface area contributed by atoms with Crippen LogP contribution in [0.25, 0.3) is 0 Å². The number of nitrogens with zero attached hydrogens (tertiary/aromatic N) is 1. The van der Waals surface area contributed by atoms with Crippen molar-refractivity contribution in [2.45, 2.75) is 6.42 Å². The number of carbonyl (C=O) groups is 1. The fraction of sp³-hybridized carbons (Fsp3) is 0.300. The maximum absolute atomic E-state index is 13.2. The monoisotopic (exact) mass is 249 g/mol. The van der Waals surface area contributed by atoms with Crippen LogP contribution in [0.1, 0.15) is 5.56 Å². The first-order chi connectivity index (χ1) is 7.00. The lowest BCUT2D eigenvalue weighted by molar-refractivity contribution is 0.232. The third kappa shape index (κ3) is 3.68. The first-order valence-corrected chi connectivity index (χ1v) is 5.11. The summed E-state index contributed by atoms with van der Waals surface area (Å²) in [4.78, 5) is 12.0. The van der Waals surface area contributed by atoms with Crippen LogP contribution in [0.5, 0.6) is 0 Å². The fourth-order valence-corrected chi connectivity index (χ4v) is 1.39. The zero-order valence-corrected chi connectivity index (χ0v) is 9.65. The van der Waals surface area contributed by atoms with E-state index in [0.29, 0.717) is 23.6 Å². The summed E-state index contributed by atoms with van der Waals surface area (Å²) < 4.78 is 13.2. The molecular formula is C10H10Cl2FNO. The first-order valence-electron chi connectivity index (χ1n) is 4.35. The standard InChI is InChI=1S/C10H10Cl2FNO/c1-14(10(12)15)5-4-7-6-8(11)2-3-9(7)13/h2-3,6H,4-5H2,1H3. The SMILES string of the molecule is CN(CCc1cc(Cl)ccc1F)C(=O)Cl. The molecule has 0 radical (unpaired) electrons. The summed E-state index contributed by atoms with van der Waals surface area (Å²) in [5.41, 5.74) is 0.479. The van der Waals surface area contributed by atoms with Crippen molar-refractivity contribution in [3.8, 4) is 0 Å². The number of hydrogen-bond acceptors (Lipinski definition) is 1. The van der Waals surface area contributed by atoms with Crippen molar-refractivity contribution in [2.24, 2.45) is 0 Å². The minimum absolute atomic E-state index is 0.324. The molecule has 0 aliphatic heterocycles. The van der Waals surface area contributed by atoms with Crippen LogP contribution in [0.4, 0.5) is 9.18 Å². The van der Waals surface area contributed by atoms with Gasteiger partial charge in [-0.2, -0.15) is 0 Å². The lowest BCUT2D eigenvalue weighted by atomic mass is 10.1. The van der Waals surface area contributed by atoms with Crippen LogP contribution in [-0.2, 0) is 6.42 Å². The molecule has 0 fully saturated rings. The summed E-state index contributed by atoms with van der Waals surface area (Å²) in [6.45, 7) is 0.361. The van der Waals surface area contributed by atoms with Crippen LogP contribution in [0, 0.1) is 5.82 Å². The van der Waals surface area contributed by atoms with E-state index in [1.54, 1.807) is 13.1 Å². The van der Waals surface area contributed by atoms with Crippen LogP contribution in [0.15, 0.2) is 18.2 Å². The molecule has 82 valence electrons. The van der Waals surface area contributed by atoms with Crippen molar-refractivity contribution in [1.29, 1.82) is 0 Å². The second-order valence-corrected chi connectivity index (χ2v) is 3.92. The van der Waals surface area contributed by atoms with E-state index in [1.165, 1.54) is 17.0 Å². The molecule has 0 aliphatic rings. The average Bonchev–Trinajstić information content (AvgIpc) is 2.18. The summed E-state index contributed by atoms with van der Waals surface area (Å²) in [5.74, 6) is -0.324. The highest BCUT2D eigenvalue weighted by molar-refractivity contribution is 6.62. The van der Waals surface area contributed by atoms with Gasteiger partial charge in [-0.25, -0.2) is 4.39 Å². The average molecular weight is 250 g/mol. The van der Waals surface area contributed by atoms with E-state index in [4.69, 9.17) is 23.2 Å². The second kappa shape index (κ2) is 5.33. The van der Waals surface area contributed by atoms with Gasteiger partial charge in [0, 0.05) is 18.6 Å². The van der Waals surface area contributed by atoms with E-state index >= 15 is 0 Å². The highest BCUT2D eigenvalue weighted by atomic mass is 35.5. The van der Waals surface area contributed by atoms with Gasteiger partial charge in [0.15, 0.2) is 0 Å². The molecular weight excluding hydrogens is 240 g/mol. The molecule has 1 rings (SSSR count). The van der Waals surface area contributed by atoms with E-state index in [0.717, 1.165) is 0 Å². The second-order valence-electron chi connectivity index (χ2n) is 3.16. The zero-order chi connectivity index (χ0) is 11.4. The molecule has 0 unspecified atom stereocenters. The molecule has 2 nitrogen and oxygen atoms in total. The van der Waals surface area contributed by atoms with Crippen molar-refractivity contribution < 1.29 is 9.18 Å². The number of halogens is 3. The van der Waals surface area contributed by atoms with Crippen LogP contribution < -0.4 is 0 Å². The molecule has 0 saturated heterocycles. The largest absolute Gasteiger partial charge is 0.332 e. The van der Waals surface area contributed by atoms with Gasteiger partial charge in [0.25, 0.3) is 0 Å². The van der Waals surface area contributed by atoms with Crippen LogP contribution >= 0.6 is 23.2 Å². The van der Waals surface area contributed by atoms with E-state index in [-0.39, 0.29) is 5.82 Å². The van der Waals surface area contributed by atoms with Gasteiger partial charge in [0.1, 0.15) is 5.82 Å². The molecule has 0 aromatic heterocycles. The molecule has 1 amide bonds. The molecule has 0 bridgehead atoms. The van der Waals surface area contributed by atoms with E-state index < -0.39 is 5.37 Å². The van der Waals surface area contributed by atoms with Gasteiger partial charge in [-0.3, -0.25) is 4.79 Å². The molecule has 0 N–H and O–H groups in total. The Morgan fingerprint density at radius 1 is 1.53 bits per heavy atom. The van der Waals surface area contributed by atoms with Crippen molar-refractivity contribution >= 4 is 28.6 Å². The van der Waals surface area contributed by atoms with Crippen LogP contribution in [0.2, 0.25) is 5.02 Å². The van der Waals surface area contributed by atoms with Gasteiger partial charge >= 0.3 is 5.37 Å². The Balaban J connectivity index is 2.65. The Bertz CT molecular complexity index is 370. The fourth-order valence-electron chi connectivity index (χ4n) is 1.11. The van der Waals surface area contributed by atoms with E-state index in [9.17, 15) is 9.18 Å². The zero-order valence-electron chi connectivity index (χ0n) is 8.14. The number of likely N-dealkylation sites (N-methyl/N-ethyl adjacent to an activating group) is 1. The molecule has 0 spiro atoms. The minimum Gasteiger partial charge on any atom is -0.332 e. The molecule has 0 aliphatic carbocycles. The highest BCUT2D eigenvalue weighted by Gasteiger charge is 2.07. The summed E-state index contributed by atoms with van der Waals surface area (Å²) in [5, 5.41) is -0.0799. The van der Waals surface area contributed by atoms with Gasteiger partial charge in [-0.05, 0) is 41.8 Å². The van der Waals surface area contributed by atoms with Crippen molar-refractivity contribution in [1.82, 2.24) is 4.90 Å². The molecule has 5 heteroatoms. The van der Waals surface area contributed by atoms with Crippen molar-refractivity contribution in [3.63, 3.8) is 0 Å². The summed E-state index contributed by atoms with van der Waals surface area (Å²) in [7, 11) is 1.55. The van der Waals surface area contributed by atoms with E-state index in [1.807, 2.05) is 0 Å². The topological polar surface area (TPSA) is 20.3 Å². The maximum atomic E-state index is 13.2. The highest BCUT2D eigenvalue weighted by Crippen LogP contribution is 2.15. The van der Waals surface area contributed by atoms with Gasteiger partial charge in [-0.15, -0.1) is 0 Å². The number of amides is 1. The Kier molecular flexibility index (Phi) is 4.36. The quantitative estimate of drug-likeness (QED) is 0.595. The Labute approximate surface area is 97.6 Å². The minimum atomic E-state index is -0.558. The number of carbonyl (C=O) groups excluding carboxylic acids is 1. The Morgan fingerprint density at radius 3 is 2.80 bits per heavy atom. The summed E-state index contributed by atoms with van der Waals surface area (Å²) in [6, 6.07) is 4.33. The summed E-state index contributed by atoms with van der Waals surface area (Å²) in [6.07, 6.45) is 0.390. The molecule has 1 aromatic carbocycles. The normalized spacial score (nSPS) is 10.1. The Morgan fingerprint density at radius 2 is 2.20 bits per heavy atom. The van der Waals surface area contributed by atoms with Gasteiger partial charge in [0.2, 0.25) is 0 Å². The molecule has 0 atom stereocenters.